The Balaban J connectivity index is 1.45. The number of nitrogens with zero attached hydrogens (tertiary/aromatic N) is 1. The van der Waals surface area contributed by atoms with Crippen molar-refractivity contribution in [3.8, 4) is 11.5 Å². The summed E-state index contributed by atoms with van der Waals surface area (Å²) in [6, 6.07) is 14.6. The summed E-state index contributed by atoms with van der Waals surface area (Å²) in [6.45, 7) is 8.95. The zero-order valence-electron chi connectivity index (χ0n) is 26.9. The third-order valence-electron chi connectivity index (χ3n) is 8.17. The minimum atomic E-state index is -0.692. The van der Waals surface area contributed by atoms with Gasteiger partial charge in [-0.3, -0.25) is 0 Å². The molecule has 2 aromatic carbocycles. The number of methoxy groups -OCH3 is 3. The predicted octanol–water partition coefficient (Wildman–Crippen LogP) is 3.64. The van der Waals surface area contributed by atoms with Crippen molar-refractivity contribution in [3.05, 3.63) is 53.6 Å². The number of ether oxygens (including phenoxy) is 7. The summed E-state index contributed by atoms with van der Waals surface area (Å²) >= 11 is 0. The molecule has 0 radical (unpaired) electrons. The van der Waals surface area contributed by atoms with Gasteiger partial charge in [0.2, 0.25) is 0 Å². The van der Waals surface area contributed by atoms with Crippen LogP contribution in [0.25, 0.3) is 0 Å². The van der Waals surface area contributed by atoms with E-state index in [9.17, 15) is 5.11 Å². The summed E-state index contributed by atoms with van der Waals surface area (Å²) in [6.07, 6.45) is 0.876. The molecule has 0 aromatic heterocycles. The highest BCUT2D eigenvalue weighted by Crippen LogP contribution is 2.35. The van der Waals surface area contributed by atoms with Gasteiger partial charge in [-0.15, -0.1) is 0 Å². The fourth-order valence-electron chi connectivity index (χ4n) is 5.87. The molecule has 44 heavy (non-hydrogen) atoms. The maximum absolute atomic E-state index is 10.3. The van der Waals surface area contributed by atoms with Crippen LogP contribution >= 0.6 is 0 Å². The number of aliphatic hydroxyl groups excluding tert-OH is 1. The highest BCUT2D eigenvalue weighted by Gasteiger charge is 2.36. The molecule has 2 unspecified atom stereocenters. The van der Waals surface area contributed by atoms with E-state index in [0.29, 0.717) is 38.8 Å². The zero-order valence-corrected chi connectivity index (χ0v) is 26.9. The number of benzene rings is 2. The largest absolute Gasteiger partial charge is 0.494 e. The van der Waals surface area contributed by atoms with E-state index in [1.807, 2.05) is 18.2 Å². The Bertz CT molecular complexity index is 1090. The molecule has 246 valence electrons. The number of hydrogen-bond acceptors (Lipinski definition) is 10. The first-order valence-corrected chi connectivity index (χ1v) is 15.8. The van der Waals surface area contributed by atoms with Crippen LogP contribution in [0.5, 0.6) is 11.5 Å². The van der Waals surface area contributed by atoms with Crippen molar-refractivity contribution in [1.29, 1.82) is 0 Å². The molecule has 1 fully saturated rings. The van der Waals surface area contributed by atoms with Gasteiger partial charge in [0, 0.05) is 60.1 Å². The molecule has 2 aromatic rings. The number of nitrogens with one attached hydrogen (secondary N) is 1. The van der Waals surface area contributed by atoms with E-state index in [2.05, 4.69) is 41.4 Å². The molecule has 0 bridgehead atoms. The molecule has 5 atom stereocenters. The molecule has 0 amide bonds. The van der Waals surface area contributed by atoms with Crippen LogP contribution in [-0.4, -0.2) is 111 Å². The van der Waals surface area contributed by atoms with E-state index in [4.69, 9.17) is 33.2 Å². The lowest BCUT2D eigenvalue weighted by molar-refractivity contribution is -0.0856. The molecule has 2 aliphatic rings. The second kappa shape index (κ2) is 18.5. The summed E-state index contributed by atoms with van der Waals surface area (Å²) in [7, 11) is 5.04. The second-order valence-electron chi connectivity index (χ2n) is 11.8. The van der Waals surface area contributed by atoms with Gasteiger partial charge >= 0.3 is 0 Å². The Morgan fingerprint density at radius 3 is 2.45 bits per heavy atom. The van der Waals surface area contributed by atoms with E-state index in [1.165, 1.54) is 0 Å². The number of aliphatic hydroxyl groups is 1. The van der Waals surface area contributed by atoms with Gasteiger partial charge in [0.15, 0.2) is 0 Å². The first-order valence-electron chi connectivity index (χ1n) is 15.8. The maximum Gasteiger partial charge on any atom is 0.142 e. The monoisotopic (exact) mass is 616 g/mol. The molecule has 0 spiro atoms. The fraction of sp³-hybridized carbons (Fsp3) is 0.647. The Labute approximate surface area is 262 Å². The van der Waals surface area contributed by atoms with Gasteiger partial charge in [0.1, 0.15) is 24.2 Å². The molecule has 10 nitrogen and oxygen atoms in total. The van der Waals surface area contributed by atoms with Crippen LogP contribution in [-0.2, 0) is 30.3 Å². The summed E-state index contributed by atoms with van der Waals surface area (Å²) in [5.41, 5.74) is 3.31. The third kappa shape index (κ3) is 10.3. The van der Waals surface area contributed by atoms with Crippen LogP contribution < -0.4 is 19.7 Å². The van der Waals surface area contributed by atoms with Gasteiger partial charge in [0.05, 0.1) is 50.9 Å². The lowest BCUT2D eigenvalue weighted by Crippen LogP contribution is -2.51. The molecule has 0 saturated carbocycles. The normalized spacial score (nSPS) is 21.4. The highest BCUT2D eigenvalue weighted by molar-refractivity contribution is 5.61. The van der Waals surface area contributed by atoms with Crippen LogP contribution in [0.1, 0.15) is 36.8 Å². The number of fused-ring (bicyclic) bond motifs is 1. The van der Waals surface area contributed by atoms with Gasteiger partial charge in [-0.2, -0.15) is 0 Å². The molecule has 1 saturated heterocycles. The minimum absolute atomic E-state index is 0.0340. The van der Waals surface area contributed by atoms with Crippen molar-refractivity contribution in [1.82, 2.24) is 5.32 Å². The molecule has 2 aliphatic heterocycles. The van der Waals surface area contributed by atoms with E-state index in [1.54, 1.807) is 21.3 Å². The van der Waals surface area contributed by atoms with Crippen LogP contribution in [0.3, 0.4) is 0 Å². The number of piperidine rings is 1. The Hall–Kier alpha value is -2.44. The minimum Gasteiger partial charge on any atom is -0.494 e. The molecule has 2 heterocycles. The average Bonchev–Trinajstić information content (AvgIpc) is 3.03. The third-order valence-corrected chi connectivity index (χ3v) is 8.17. The van der Waals surface area contributed by atoms with Gasteiger partial charge < -0.3 is 48.5 Å². The van der Waals surface area contributed by atoms with Crippen LogP contribution in [0.15, 0.2) is 42.5 Å². The topological polar surface area (TPSA) is 100 Å². The van der Waals surface area contributed by atoms with Gasteiger partial charge in [-0.25, -0.2) is 0 Å². The van der Waals surface area contributed by atoms with E-state index in [-0.39, 0.29) is 31.3 Å². The van der Waals surface area contributed by atoms with Crippen molar-refractivity contribution >= 4 is 5.69 Å². The van der Waals surface area contributed by atoms with Crippen molar-refractivity contribution in [2.45, 2.75) is 50.6 Å². The molecule has 4 rings (SSSR count). The van der Waals surface area contributed by atoms with E-state index in [0.717, 1.165) is 67.5 Å². The lowest BCUT2D eigenvalue weighted by Gasteiger charge is -2.39. The first-order chi connectivity index (χ1) is 21.5. The maximum atomic E-state index is 10.3. The van der Waals surface area contributed by atoms with Crippen molar-refractivity contribution in [3.63, 3.8) is 0 Å². The predicted molar refractivity (Wildman–Crippen MR) is 170 cm³/mol. The molecule has 2 N–H and O–H groups in total. The van der Waals surface area contributed by atoms with E-state index < -0.39 is 6.10 Å². The number of rotatable bonds is 19. The molecular formula is C34H52N2O8. The van der Waals surface area contributed by atoms with Gasteiger partial charge in [-0.1, -0.05) is 25.1 Å². The Kier molecular flexibility index (Phi) is 14.5. The van der Waals surface area contributed by atoms with Crippen molar-refractivity contribution in [2.24, 2.45) is 5.92 Å². The quantitative estimate of drug-likeness (QED) is 0.228. The summed E-state index contributed by atoms with van der Waals surface area (Å²) in [5, 5.41) is 13.8. The summed E-state index contributed by atoms with van der Waals surface area (Å²) < 4.78 is 40.5. The van der Waals surface area contributed by atoms with Gasteiger partial charge in [0.25, 0.3) is 0 Å². The average molecular weight is 617 g/mol. The Morgan fingerprint density at radius 1 is 0.932 bits per heavy atom. The standard InChI is InChI=1S/C34H52N2O8/c1-25(21-39-3)12-16-41-29-9-7-27(8-10-29)34-32(19-35-20-33(34)44-24-28(37)23-40-4)43-22-26-6-11-31-30(18-26)36(14-17-42-31)13-5-15-38-2/h6-11,18,25,28,32-35,37H,5,12-17,19-24H2,1-4H3/t25?,28?,32-,33+,34+/m0/s1. The Morgan fingerprint density at radius 2 is 1.70 bits per heavy atom. The lowest BCUT2D eigenvalue weighted by atomic mass is 9.85. The summed E-state index contributed by atoms with van der Waals surface area (Å²) in [4.78, 5) is 2.36. The second-order valence-corrected chi connectivity index (χ2v) is 11.8. The van der Waals surface area contributed by atoms with Gasteiger partial charge in [-0.05, 0) is 54.2 Å². The fourth-order valence-corrected chi connectivity index (χ4v) is 5.87. The smallest absolute Gasteiger partial charge is 0.142 e. The molecular weight excluding hydrogens is 564 g/mol. The SMILES string of the molecule is COCCCN1CCOc2ccc(CO[C@H]3CNC[C@@H](OCC(O)COC)[C@@H]3c3ccc(OCCC(C)COC)cc3)cc21. The van der Waals surface area contributed by atoms with Crippen LogP contribution in [0.4, 0.5) is 5.69 Å². The summed E-state index contributed by atoms with van der Waals surface area (Å²) in [5.74, 6) is 2.16. The van der Waals surface area contributed by atoms with Crippen LogP contribution in [0.2, 0.25) is 0 Å². The first kappa shape index (κ1) is 34.4. The highest BCUT2D eigenvalue weighted by atomic mass is 16.5. The van der Waals surface area contributed by atoms with Crippen molar-refractivity contribution < 1.29 is 38.3 Å². The molecule has 0 aliphatic carbocycles. The molecule has 10 heteroatoms. The zero-order chi connectivity index (χ0) is 31.1. The number of hydrogen-bond donors (Lipinski definition) is 2. The van der Waals surface area contributed by atoms with Crippen molar-refractivity contribution in [2.75, 3.05) is 92.0 Å². The van der Waals surface area contributed by atoms with Crippen LogP contribution in [0, 0.1) is 5.92 Å². The van der Waals surface area contributed by atoms with E-state index >= 15 is 0 Å². The number of anilines is 1.